The number of anilines is 1. The van der Waals surface area contributed by atoms with Crippen LogP contribution in [0, 0.1) is 0 Å². The van der Waals surface area contributed by atoms with Gasteiger partial charge in [0.25, 0.3) is 0 Å². The zero-order chi connectivity index (χ0) is 12.8. The highest BCUT2D eigenvalue weighted by Gasteiger charge is 2.19. The number of methoxy groups -OCH3 is 1. The minimum atomic E-state index is 0.355. The third-order valence-corrected chi connectivity index (χ3v) is 3.36. The van der Waals surface area contributed by atoms with Gasteiger partial charge in [0.1, 0.15) is 5.15 Å². The van der Waals surface area contributed by atoms with Crippen LogP contribution in [-0.4, -0.2) is 44.5 Å². The molecule has 1 fully saturated rings. The van der Waals surface area contributed by atoms with E-state index >= 15 is 0 Å². The molecule has 0 unspecified atom stereocenters. The smallest absolute Gasteiger partial charge is 0.131 e. The number of nitrogens with zero attached hydrogens (tertiary/aromatic N) is 2. The van der Waals surface area contributed by atoms with E-state index in [0.717, 1.165) is 31.6 Å². The number of rotatable bonds is 5. The van der Waals surface area contributed by atoms with Gasteiger partial charge in [-0.15, -0.1) is 0 Å². The van der Waals surface area contributed by atoms with E-state index in [0.29, 0.717) is 24.5 Å². The molecule has 1 aliphatic heterocycles. The van der Waals surface area contributed by atoms with Crippen molar-refractivity contribution >= 4 is 17.3 Å². The van der Waals surface area contributed by atoms with Crippen molar-refractivity contribution < 1.29 is 9.47 Å². The van der Waals surface area contributed by atoms with Crippen LogP contribution >= 0.6 is 11.6 Å². The van der Waals surface area contributed by atoms with Crippen LogP contribution in [0.2, 0.25) is 5.15 Å². The van der Waals surface area contributed by atoms with Gasteiger partial charge in [-0.2, -0.15) is 0 Å². The maximum absolute atomic E-state index is 5.90. The monoisotopic (exact) mass is 270 g/mol. The fraction of sp³-hybridized carbons (Fsp3) is 0.615. The second-order valence-corrected chi connectivity index (χ2v) is 4.77. The first-order valence-corrected chi connectivity index (χ1v) is 6.64. The Kier molecular flexibility index (Phi) is 5.23. The first-order valence-electron chi connectivity index (χ1n) is 6.26. The molecule has 1 saturated heterocycles. The number of hydrogen-bond donors (Lipinski definition) is 0. The lowest BCUT2D eigenvalue weighted by Gasteiger charge is -2.33. The van der Waals surface area contributed by atoms with E-state index in [-0.39, 0.29) is 0 Å². The summed E-state index contributed by atoms with van der Waals surface area (Å²) in [6.07, 6.45) is 4.19. The fourth-order valence-corrected chi connectivity index (χ4v) is 2.34. The first-order chi connectivity index (χ1) is 8.79. The zero-order valence-corrected chi connectivity index (χ0v) is 11.4. The molecule has 0 atom stereocenters. The van der Waals surface area contributed by atoms with Crippen molar-refractivity contribution in [2.45, 2.75) is 18.9 Å². The molecule has 4 nitrogen and oxygen atoms in total. The van der Waals surface area contributed by atoms with Gasteiger partial charge in [-0.25, -0.2) is 4.98 Å². The molecule has 0 amide bonds. The molecule has 5 heteroatoms. The molecular formula is C13H19ClN2O2. The Morgan fingerprint density at radius 3 is 2.83 bits per heavy atom. The molecule has 1 aromatic heterocycles. The van der Waals surface area contributed by atoms with Crippen molar-refractivity contribution in [1.29, 1.82) is 0 Å². The van der Waals surface area contributed by atoms with Crippen molar-refractivity contribution in [2.75, 3.05) is 38.3 Å². The average molecular weight is 271 g/mol. The Hall–Kier alpha value is -0.840. The maximum Gasteiger partial charge on any atom is 0.131 e. The second-order valence-electron chi connectivity index (χ2n) is 4.39. The molecular weight excluding hydrogens is 252 g/mol. The van der Waals surface area contributed by atoms with E-state index < -0.39 is 0 Å². The minimum Gasteiger partial charge on any atom is -0.382 e. The van der Waals surface area contributed by atoms with Crippen LogP contribution in [0.3, 0.4) is 0 Å². The standard InChI is InChI=1S/C13H19ClN2O2/c1-17-8-9-18-12-3-6-16(7-4-12)11-2-5-15-13(14)10-11/h2,5,10,12H,3-4,6-9H2,1H3. The summed E-state index contributed by atoms with van der Waals surface area (Å²) >= 11 is 5.90. The van der Waals surface area contributed by atoms with Crippen LogP contribution in [0.25, 0.3) is 0 Å². The Morgan fingerprint density at radius 1 is 1.39 bits per heavy atom. The van der Waals surface area contributed by atoms with Gasteiger partial charge in [0, 0.05) is 32.1 Å². The van der Waals surface area contributed by atoms with Crippen LogP contribution in [0.5, 0.6) is 0 Å². The lowest BCUT2D eigenvalue weighted by molar-refractivity contribution is 0.00610. The third kappa shape index (κ3) is 3.83. The van der Waals surface area contributed by atoms with Crippen LogP contribution in [-0.2, 0) is 9.47 Å². The Labute approximate surface area is 113 Å². The van der Waals surface area contributed by atoms with Crippen LogP contribution in [0.4, 0.5) is 5.69 Å². The summed E-state index contributed by atoms with van der Waals surface area (Å²) in [6, 6.07) is 3.91. The van der Waals surface area contributed by atoms with E-state index in [2.05, 4.69) is 9.88 Å². The molecule has 1 aliphatic rings. The molecule has 0 bridgehead atoms. The van der Waals surface area contributed by atoms with Crippen LogP contribution in [0.1, 0.15) is 12.8 Å². The molecule has 2 rings (SSSR count). The molecule has 0 saturated carbocycles. The molecule has 1 aromatic rings. The van der Waals surface area contributed by atoms with Crippen molar-refractivity contribution in [3.8, 4) is 0 Å². The molecule has 100 valence electrons. The minimum absolute atomic E-state index is 0.355. The molecule has 2 heterocycles. The summed E-state index contributed by atoms with van der Waals surface area (Å²) in [7, 11) is 1.69. The molecule has 18 heavy (non-hydrogen) atoms. The number of halogens is 1. The molecule has 0 N–H and O–H groups in total. The lowest BCUT2D eigenvalue weighted by Crippen LogP contribution is -2.37. The Balaban J connectivity index is 1.79. The van der Waals surface area contributed by atoms with Crippen molar-refractivity contribution in [3.05, 3.63) is 23.5 Å². The van der Waals surface area contributed by atoms with Crippen molar-refractivity contribution in [1.82, 2.24) is 4.98 Å². The van der Waals surface area contributed by atoms with Crippen LogP contribution < -0.4 is 4.90 Å². The Bertz CT molecular complexity index is 368. The van der Waals surface area contributed by atoms with Gasteiger partial charge < -0.3 is 14.4 Å². The quantitative estimate of drug-likeness (QED) is 0.608. The first kappa shape index (κ1) is 13.6. The highest BCUT2D eigenvalue weighted by Crippen LogP contribution is 2.22. The van der Waals surface area contributed by atoms with Gasteiger partial charge in [0.05, 0.1) is 19.3 Å². The zero-order valence-electron chi connectivity index (χ0n) is 10.6. The number of aromatic nitrogens is 1. The number of hydrogen-bond acceptors (Lipinski definition) is 4. The average Bonchev–Trinajstić information content (AvgIpc) is 2.40. The van der Waals surface area contributed by atoms with Gasteiger partial charge in [-0.05, 0) is 25.0 Å². The molecule has 0 spiro atoms. The van der Waals surface area contributed by atoms with E-state index in [9.17, 15) is 0 Å². The SMILES string of the molecule is COCCOC1CCN(c2ccnc(Cl)c2)CC1. The normalized spacial score (nSPS) is 17.1. The number of piperidine rings is 1. The molecule has 0 aliphatic carbocycles. The van der Waals surface area contributed by atoms with Gasteiger partial charge in [-0.3, -0.25) is 0 Å². The summed E-state index contributed by atoms with van der Waals surface area (Å²) in [4.78, 5) is 6.32. The summed E-state index contributed by atoms with van der Waals surface area (Å²) in [5.41, 5.74) is 1.14. The fourth-order valence-electron chi connectivity index (χ4n) is 2.17. The predicted molar refractivity (Wildman–Crippen MR) is 72.3 cm³/mol. The summed E-state index contributed by atoms with van der Waals surface area (Å²) in [5.74, 6) is 0. The van der Waals surface area contributed by atoms with Crippen molar-refractivity contribution in [2.24, 2.45) is 0 Å². The van der Waals surface area contributed by atoms with Gasteiger partial charge >= 0.3 is 0 Å². The lowest BCUT2D eigenvalue weighted by atomic mass is 10.1. The largest absolute Gasteiger partial charge is 0.382 e. The highest BCUT2D eigenvalue weighted by atomic mass is 35.5. The molecule has 0 radical (unpaired) electrons. The maximum atomic E-state index is 5.90. The summed E-state index contributed by atoms with van der Waals surface area (Å²) in [5, 5.41) is 0.547. The third-order valence-electron chi connectivity index (χ3n) is 3.16. The Morgan fingerprint density at radius 2 is 2.17 bits per heavy atom. The highest BCUT2D eigenvalue weighted by molar-refractivity contribution is 6.29. The predicted octanol–water partition coefficient (Wildman–Crippen LogP) is 2.37. The number of ether oxygens (including phenoxy) is 2. The van der Waals surface area contributed by atoms with E-state index in [1.807, 2.05) is 12.1 Å². The molecule has 0 aromatic carbocycles. The van der Waals surface area contributed by atoms with Crippen molar-refractivity contribution in [3.63, 3.8) is 0 Å². The summed E-state index contributed by atoms with van der Waals surface area (Å²) < 4.78 is 10.7. The topological polar surface area (TPSA) is 34.6 Å². The van der Waals surface area contributed by atoms with Gasteiger partial charge in [0.15, 0.2) is 0 Å². The van der Waals surface area contributed by atoms with Gasteiger partial charge in [0.2, 0.25) is 0 Å². The van der Waals surface area contributed by atoms with Crippen LogP contribution in [0.15, 0.2) is 18.3 Å². The van der Waals surface area contributed by atoms with E-state index in [1.54, 1.807) is 13.3 Å². The number of pyridine rings is 1. The van der Waals surface area contributed by atoms with E-state index in [4.69, 9.17) is 21.1 Å². The second kappa shape index (κ2) is 6.92. The summed E-state index contributed by atoms with van der Waals surface area (Å²) in [6.45, 7) is 3.35. The van der Waals surface area contributed by atoms with Gasteiger partial charge in [-0.1, -0.05) is 11.6 Å². The van der Waals surface area contributed by atoms with E-state index in [1.165, 1.54) is 0 Å².